The summed E-state index contributed by atoms with van der Waals surface area (Å²) >= 11 is 0. The van der Waals surface area contributed by atoms with Crippen molar-refractivity contribution >= 4 is 28.8 Å². The molecule has 0 aliphatic carbocycles. The SMILES string of the molecule is CCN1C2=C(C(=O)Nc3ccc(OCCNC(C)C)cc3)C(=O)CCN2c2ccccc21. The second-order valence-electron chi connectivity index (χ2n) is 8.19. The van der Waals surface area contributed by atoms with Gasteiger partial charge < -0.3 is 25.2 Å². The molecular weight excluding hydrogens is 404 g/mol. The predicted octanol–water partition coefficient (Wildman–Crippen LogP) is 3.53. The third-order valence-corrected chi connectivity index (χ3v) is 5.62. The molecule has 7 heteroatoms. The van der Waals surface area contributed by atoms with Gasteiger partial charge in [-0.25, -0.2) is 0 Å². The third-order valence-electron chi connectivity index (χ3n) is 5.62. The maximum atomic E-state index is 13.2. The van der Waals surface area contributed by atoms with Crippen LogP contribution in [0.25, 0.3) is 0 Å². The Morgan fingerprint density at radius 3 is 2.50 bits per heavy atom. The van der Waals surface area contributed by atoms with Crippen molar-refractivity contribution < 1.29 is 14.3 Å². The third kappa shape index (κ3) is 4.34. The summed E-state index contributed by atoms with van der Waals surface area (Å²) in [6.45, 7) is 8.79. The van der Waals surface area contributed by atoms with Crippen molar-refractivity contribution in [2.45, 2.75) is 33.2 Å². The number of nitrogens with zero attached hydrogens (tertiary/aromatic N) is 2. The molecule has 0 saturated heterocycles. The minimum atomic E-state index is -0.379. The van der Waals surface area contributed by atoms with Crippen LogP contribution in [-0.4, -0.2) is 44.0 Å². The number of hydrogen-bond acceptors (Lipinski definition) is 6. The first-order chi connectivity index (χ1) is 15.5. The highest BCUT2D eigenvalue weighted by Gasteiger charge is 2.40. The average molecular weight is 435 g/mol. The lowest BCUT2D eigenvalue weighted by molar-refractivity contribution is -0.120. The molecule has 0 spiro atoms. The first kappa shape index (κ1) is 21.9. The number of amides is 1. The molecule has 0 fully saturated rings. The molecule has 1 amide bonds. The second-order valence-corrected chi connectivity index (χ2v) is 8.19. The van der Waals surface area contributed by atoms with Crippen LogP contribution in [0.2, 0.25) is 0 Å². The first-order valence-electron chi connectivity index (χ1n) is 11.2. The highest BCUT2D eigenvalue weighted by molar-refractivity contribution is 6.25. The molecule has 0 saturated carbocycles. The van der Waals surface area contributed by atoms with Crippen molar-refractivity contribution in [1.29, 1.82) is 0 Å². The van der Waals surface area contributed by atoms with Crippen LogP contribution >= 0.6 is 0 Å². The fraction of sp³-hybridized carbons (Fsp3) is 0.360. The van der Waals surface area contributed by atoms with Gasteiger partial charge in [-0.1, -0.05) is 26.0 Å². The van der Waals surface area contributed by atoms with E-state index in [9.17, 15) is 9.59 Å². The Morgan fingerprint density at radius 1 is 1.09 bits per heavy atom. The molecule has 0 aromatic heterocycles. The molecule has 2 aromatic carbocycles. The van der Waals surface area contributed by atoms with Crippen molar-refractivity contribution in [1.82, 2.24) is 5.32 Å². The molecule has 2 N–H and O–H groups in total. The number of carbonyl (C=O) groups excluding carboxylic acids is 2. The van der Waals surface area contributed by atoms with Crippen molar-refractivity contribution in [2.24, 2.45) is 0 Å². The molecule has 7 nitrogen and oxygen atoms in total. The topological polar surface area (TPSA) is 73.9 Å². The van der Waals surface area contributed by atoms with E-state index in [0.717, 1.165) is 23.7 Å². The van der Waals surface area contributed by atoms with Gasteiger partial charge in [0.05, 0.1) is 11.4 Å². The van der Waals surface area contributed by atoms with E-state index >= 15 is 0 Å². The van der Waals surface area contributed by atoms with Gasteiger partial charge in [0, 0.05) is 37.8 Å². The molecule has 168 valence electrons. The monoisotopic (exact) mass is 434 g/mol. The zero-order valence-corrected chi connectivity index (χ0v) is 18.9. The molecule has 2 heterocycles. The largest absolute Gasteiger partial charge is 0.492 e. The molecule has 2 aliphatic heterocycles. The van der Waals surface area contributed by atoms with Crippen LogP contribution in [0.15, 0.2) is 59.9 Å². The summed E-state index contributed by atoms with van der Waals surface area (Å²) in [7, 11) is 0. The zero-order chi connectivity index (χ0) is 22.7. The van der Waals surface area contributed by atoms with E-state index < -0.39 is 0 Å². The van der Waals surface area contributed by atoms with Crippen LogP contribution in [0.3, 0.4) is 0 Å². The summed E-state index contributed by atoms with van der Waals surface area (Å²) in [5.74, 6) is 0.910. The second kappa shape index (κ2) is 9.44. The van der Waals surface area contributed by atoms with Gasteiger partial charge in [0.15, 0.2) is 5.78 Å². The first-order valence-corrected chi connectivity index (χ1v) is 11.2. The number of ether oxygens (including phenoxy) is 1. The summed E-state index contributed by atoms with van der Waals surface area (Å²) in [5.41, 5.74) is 2.91. The molecule has 2 aliphatic rings. The van der Waals surface area contributed by atoms with Gasteiger partial charge in [-0.3, -0.25) is 9.59 Å². The van der Waals surface area contributed by atoms with Crippen molar-refractivity contribution in [3.8, 4) is 5.75 Å². The van der Waals surface area contributed by atoms with Gasteiger partial charge in [0.1, 0.15) is 23.8 Å². The van der Waals surface area contributed by atoms with E-state index in [-0.39, 0.29) is 17.3 Å². The number of carbonyl (C=O) groups is 2. The summed E-state index contributed by atoms with van der Waals surface area (Å²) < 4.78 is 5.72. The van der Waals surface area contributed by atoms with E-state index in [1.165, 1.54) is 0 Å². The van der Waals surface area contributed by atoms with Gasteiger partial charge in [-0.05, 0) is 43.3 Å². The van der Waals surface area contributed by atoms with Gasteiger partial charge in [0.25, 0.3) is 5.91 Å². The maximum Gasteiger partial charge on any atom is 0.263 e. The van der Waals surface area contributed by atoms with Gasteiger partial charge >= 0.3 is 0 Å². The summed E-state index contributed by atoms with van der Waals surface area (Å²) in [5, 5.41) is 6.20. The van der Waals surface area contributed by atoms with E-state index in [2.05, 4.69) is 29.4 Å². The van der Waals surface area contributed by atoms with Gasteiger partial charge in [-0.15, -0.1) is 0 Å². The van der Waals surface area contributed by atoms with Crippen molar-refractivity contribution in [2.75, 3.05) is 41.4 Å². The molecular formula is C25H30N4O3. The van der Waals surface area contributed by atoms with Crippen LogP contribution in [-0.2, 0) is 9.59 Å². The molecule has 0 unspecified atom stereocenters. The molecule has 32 heavy (non-hydrogen) atoms. The summed E-state index contributed by atoms with van der Waals surface area (Å²) in [6.07, 6.45) is 0.315. The molecule has 0 atom stereocenters. The lowest BCUT2D eigenvalue weighted by Gasteiger charge is -2.30. The highest BCUT2D eigenvalue weighted by atomic mass is 16.5. The number of ketones is 1. The van der Waals surface area contributed by atoms with E-state index in [4.69, 9.17) is 4.74 Å². The fourth-order valence-electron chi connectivity index (χ4n) is 4.15. The smallest absolute Gasteiger partial charge is 0.263 e. The number of nitrogens with one attached hydrogen (secondary N) is 2. The van der Waals surface area contributed by atoms with Gasteiger partial charge in [0.2, 0.25) is 0 Å². The van der Waals surface area contributed by atoms with Crippen LogP contribution in [0.5, 0.6) is 5.75 Å². The number of Topliss-reactive ketones (excluding diaryl/α,β-unsaturated/α-hetero) is 1. The van der Waals surface area contributed by atoms with E-state index in [1.54, 1.807) is 12.1 Å². The molecule has 0 bridgehead atoms. The molecule has 0 radical (unpaired) electrons. The predicted molar refractivity (Wildman–Crippen MR) is 127 cm³/mol. The number of rotatable bonds is 8. The summed E-state index contributed by atoms with van der Waals surface area (Å²) in [4.78, 5) is 30.2. The number of hydrogen-bond donors (Lipinski definition) is 2. The lowest BCUT2D eigenvalue weighted by Crippen LogP contribution is -2.40. The summed E-state index contributed by atoms with van der Waals surface area (Å²) in [6, 6.07) is 15.7. The minimum absolute atomic E-state index is 0.127. The van der Waals surface area contributed by atoms with Gasteiger partial charge in [-0.2, -0.15) is 0 Å². The van der Waals surface area contributed by atoms with Crippen LogP contribution in [0.1, 0.15) is 27.2 Å². The van der Waals surface area contributed by atoms with E-state index in [0.29, 0.717) is 43.7 Å². The Morgan fingerprint density at radius 2 is 1.81 bits per heavy atom. The number of benzene rings is 2. The molecule has 4 rings (SSSR count). The maximum absolute atomic E-state index is 13.2. The van der Waals surface area contributed by atoms with Crippen LogP contribution < -0.4 is 25.2 Å². The normalized spacial score (nSPS) is 15.2. The Labute approximate surface area is 189 Å². The minimum Gasteiger partial charge on any atom is -0.492 e. The number of anilines is 3. The Kier molecular flexibility index (Phi) is 6.46. The van der Waals surface area contributed by atoms with E-state index in [1.807, 2.05) is 48.2 Å². The Hall–Kier alpha value is -3.32. The van der Waals surface area contributed by atoms with Crippen molar-refractivity contribution in [3.05, 3.63) is 59.9 Å². The Balaban J connectivity index is 1.51. The number of para-hydroxylation sites is 2. The lowest BCUT2D eigenvalue weighted by atomic mass is 10.0. The quantitative estimate of drug-likeness (QED) is 0.489. The fourth-order valence-corrected chi connectivity index (χ4v) is 4.15. The highest BCUT2D eigenvalue weighted by Crippen LogP contribution is 2.44. The average Bonchev–Trinajstić information content (AvgIpc) is 3.11. The van der Waals surface area contributed by atoms with Crippen LogP contribution in [0.4, 0.5) is 17.1 Å². The molecule has 2 aromatic rings. The van der Waals surface area contributed by atoms with Crippen molar-refractivity contribution in [3.63, 3.8) is 0 Å². The zero-order valence-electron chi connectivity index (χ0n) is 18.9. The van der Waals surface area contributed by atoms with Crippen LogP contribution in [0, 0.1) is 0 Å². The Bertz CT molecular complexity index is 1010. The number of fused-ring (bicyclic) bond motifs is 3. The standard InChI is InChI=1S/C25H30N4O3/c1-4-28-20-7-5-6-8-21(20)29-15-13-22(30)23(25(28)29)24(31)27-18-9-11-19(12-10-18)32-16-14-26-17(2)3/h5-12,17,26H,4,13-16H2,1-3H3,(H,27,31).